The molecule has 1 aliphatic heterocycles. The van der Waals surface area contributed by atoms with Crippen molar-refractivity contribution in [2.45, 2.75) is 45.1 Å². The lowest BCUT2D eigenvalue weighted by Crippen LogP contribution is -2.39. The van der Waals surface area contributed by atoms with Crippen molar-refractivity contribution in [2.75, 3.05) is 24.6 Å². The number of rotatable bonds is 3. The summed E-state index contributed by atoms with van der Waals surface area (Å²) in [6, 6.07) is 0. The Hall–Kier alpha value is -0.940. The van der Waals surface area contributed by atoms with Crippen LogP contribution in [0, 0.1) is 0 Å². The molecule has 0 aromatic carbocycles. The summed E-state index contributed by atoms with van der Waals surface area (Å²) in [6.45, 7) is 4.75. The number of hydrogen-bond acceptors (Lipinski definition) is 5. The van der Waals surface area contributed by atoms with Gasteiger partial charge >= 0.3 is 0 Å². The second kappa shape index (κ2) is 5.59. The molecular weight excluding hydrogens is 260 g/mol. The molecule has 0 saturated carbocycles. The van der Waals surface area contributed by atoms with Crippen LogP contribution >= 0.6 is 11.3 Å². The molecule has 1 atom stereocenters. The molecule has 1 aliphatic carbocycles. The number of Topliss-reactive ketones (excluding diaryl/α,β-unsaturated/α-hetero) is 1. The van der Waals surface area contributed by atoms with Crippen LogP contribution in [0.25, 0.3) is 0 Å². The van der Waals surface area contributed by atoms with E-state index in [2.05, 4.69) is 9.88 Å². The maximum absolute atomic E-state index is 11.8. The fourth-order valence-electron chi connectivity index (χ4n) is 2.87. The molecule has 2 heterocycles. The van der Waals surface area contributed by atoms with Crippen LogP contribution in [0.1, 0.15) is 48.0 Å². The number of fused-ring (bicyclic) bond motifs is 1. The van der Waals surface area contributed by atoms with Crippen LogP contribution in [0.5, 0.6) is 0 Å². The zero-order valence-electron chi connectivity index (χ0n) is 11.4. The van der Waals surface area contributed by atoms with Crippen LogP contribution in [0.2, 0.25) is 0 Å². The SMILES string of the molecule is CCOC1CCCN(c2nc3c(s2)CCCC3=O)C1. The predicted molar refractivity (Wildman–Crippen MR) is 76.2 cm³/mol. The van der Waals surface area contributed by atoms with Gasteiger partial charge in [-0.15, -0.1) is 11.3 Å². The molecule has 1 aromatic heterocycles. The van der Waals surface area contributed by atoms with Crippen LogP contribution in [0.3, 0.4) is 0 Å². The molecule has 0 spiro atoms. The number of aromatic nitrogens is 1. The lowest BCUT2D eigenvalue weighted by molar-refractivity contribution is 0.0526. The van der Waals surface area contributed by atoms with Gasteiger partial charge in [-0.3, -0.25) is 4.79 Å². The maximum Gasteiger partial charge on any atom is 0.186 e. The fraction of sp³-hybridized carbons (Fsp3) is 0.714. The van der Waals surface area contributed by atoms with E-state index in [4.69, 9.17) is 4.74 Å². The van der Waals surface area contributed by atoms with Crippen molar-refractivity contribution in [3.8, 4) is 0 Å². The summed E-state index contributed by atoms with van der Waals surface area (Å²) in [5, 5.41) is 1.02. The smallest absolute Gasteiger partial charge is 0.186 e. The average Bonchev–Trinajstić information content (AvgIpc) is 2.85. The van der Waals surface area contributed by atoms with E-state index in [0.29, 0.717) is 12.5 Å². The number of carbonyl (C=O) groups excluding carboxylic acids is 1. The van der Waals surface area contributed by atoms with Crippen molar-refractivity contribution in [3.05, 3.63) is 10.6 Å². The molecule has 1 fully saturated rings. The Morgan fingerprint density at radius 3 is 3.11 bits per heavy atom. The molecule has 2 aliphatic rings. The molecule has 4 nitrogen and oxygen atoms in total. The highest BCUT2D eigenvalue weighted by molar-refractivity contribution is 7.16. The predicted octanol–water partition coefficient (Wildman–Crippen LogP) is 2.67. The van der Waals surface area contributed by atoms with E-state index < -0.39 is 0 Å². The number of ether oxygens (including phenoxy) is 1. The van der Waals surface area contributed by atoms with Gasteiger partial charge in [0.15, 0.2) is 10.9 Å². The van der Waals surface area contributed by atoms with Gasteiger partial charge in [0.1, 0.15) is 5.69 Å². The Morgan fingerprint density at radius 2 is 2.32 bits per heavy atom. The minimum absolute atomic E-state index is 0.224. The monoisotopic (exact) mass is 280 g/mol. The summed E-state index contributed by atoms with van der Waals surface area (Å²) in [6.07, 6.45) is 5.25. The summed E-state index contributed by atoms with van der Waals surface area (Å²) in [5.41, 5.74) is 0.741. The van der Waals surface area contributed by atoms with E-state index in [1.807, 2.05) is 6.92 Å². The van der Waals surface area contributed by atoms with Gasteiger partial charge in [0.2, 0.25) is 0 Å². The summed E-state index contributed by atoms with van der Waals surface area (Å²) in [4.78, 5) is 19.9. The highest BCUT2D eigenvalue weighted by atomic mass is 32.1. The third-order valence-corrected chi connectivity index (χ3v) is 4.98. The van der Waals surface area contributed by atoms with Gasteiger partial charge in [-0.1, -0.05) is 0 Å². The van der Waals surface area contributed by atoms with E-state index in [1.54, 1.807) is 11.3 Å². The highest BCUT2D eigenvalue weighted by Crippen LogP contribution is 2.33. The molecule has 1 unspecified atom stereocenters. The third kappa shape index (κ3) is 2.67. The molecular formula is C14H20N2O2S. The molecule has 0 amide bonds. The van der Waals surface area contributed by atoms with Gasteiger partial charge in [0.25, 0.3) is 0 Å². The van der Waals surface area contributed by atoms with Crippen molar-refractivity contribution in [2.24, 2.45) is 0 Å². The van der Waals surface area contributed by atoms with Gasteiger partial charge in [-0.25, -0.2) is 4.98 Å². The Balaban J connectivity index is 1.76. The van der Waals surface area contributed by atoms with E-state index in [1.165, 1.54) is 4.88 Å². The molecule has 5 heteroatoms. The number of hydrogen-bond donors (Lipinski definition) is 0. The molecule has 19 heavy (non-hydrogen) atoms. The Morgan fingerprint density at radius 1 is 1.42 bits per heavy atom. The first-order valence-electron chi connectivity index (χ1n) is 7.17. The number of nitrogens with zero attached hydrogens (tertiary/aromatic N) is 2. The topological polar surface area (TPSA) is 42.4 Å². The first-order valence-corrected chi connectivity index (χ1v) is 7.99. The van der Waals surface area contributed by atoms with Crippen molar-refractivity contribution in [1.29, 1.82) is 0 Å². The van der Waals surface area contributed by atoms with Gasteiger partial charge in [0.05, 0.1) is 6.10 Å². The first kappa shape index (κ1) is 13.1. The van der Waals surface area contributed by atoms with Crippen LogP contribution in [0.4, 0.5) is 5.13 Å². The van der Waals surface area contributed by atoms with E-state index >= 15 is 0 Å². The van der Waals surface area contributed by atoms with Crippen LogP contribution in [-0.4, -0.2) is 36.6 Å². The van der Waals surface area contributed by atoms with E-state index in [9.17, 15) is 4.79 Å². The Kier molecular flexibility index (Phi) is 3.84. The third-order valence-electron chi connectivity index (χ3n) is 3.81. The summed E-state index contributed by atoms with van der Waals surface area (Å²) >= 11 is 1.70. The quantitative estimate of drug-likeness (QED) is 0.853. The fourth-order valence-corrected chi connectivity index (χ4v) is 4.03. The maximum atomic E-state index is 11.8. The number of anilines is 1. The molecule has 3 rings (SSSR count). The second-order valence-electron chi connectivity index (χ2n) is 5.21. The zero-order valence-corrected chi connectivity index (χ0v) is 12.2. The highest BCUT2D eigenvalue weighted by Gasteiger charge is 2.27. The minimum Gasteiger partial charge on any atom is -0.377 e. The number of aryl methyl sites for hydroxylation is 1. The normalized spacial score (nSPS) is 23.5. The summed E-state index contributed by atoms with van der Waals surface area (Å²) in [7, 11) is 0. The van der Waals surface area contributed by atoms with Crippen molar-refractivity contribution < 1.29 is 9.53 Å². The molecule has 1 saturated heterocycles. The molecule has 0 N–H and O–H groups in total. The summed E-state index contributed by atoms with van der Waals surface area (Å²) < 4.78 is 5.73. The lowest BCUT2D eigenvalue weighted by atomic mass is 10.0. The Bertz CT molecular complexity index is 470. The average molecular weight is 280 g/mol. The largest absolute Gasteiger partial charge is 0.377 e. The van der Waals surface area contributed by atoms with Crippen molar-refractivity contribution in [3.63, 3.8) is 0 Å². The zero-order chi connectivity index (χ0) is 13.2. The first-order chi connectivity index (χ1) is 9.28. The molecule has 0 radical (unpaired) electrons. The van der Waals surface area contributed by atoms with Crippen LogP contribution in [0.15, 0.2) is 0 Å². The standard InChI is InChI=1S/C14H20N2O2S/c1-2-18-10-5-4-8-16(9-10)14-15-13-11(17)6-3-7-12(13)19-14/h10H,2-9H2,1H3. The van der Waals surface area contributed by atoms with E-state index in [-0.39, 0.29) is 5.78 Å². The molecule has 0 bridgehead atoms. The van der Waals surface area contributed by atoms with Crippen molar-refractivity contribution in [1.82, 2.24) is 4.98 Å². The number of carbonyl (C=O) groups is 1. The lowest BCUT2D eigenvalue weighted by Gasteiger charge is -2.32. The molecule has 1 aromatic rings. The second-order valence-corrected chi connectivity index (χ2v) is 6.27. The summed E-state index contributed by atoms with van der Waals surface area (Å²) in [5.74, 6) is 0.224. The molecule has 104 valence electrons. The van der Waals surface area contributed by atoms with Crippen LogP contribution < -0.4 is 4.90 Å². The van der Waals surface area contributed by atoms with Gasteiger partial charge < -0.3 is 9.64 Å². The van der Waals surface area contributed by atoms with Crippen LogP contribution in [-0.2, 0) is 11.2 Å². The number of thiazole rings is 1. The van der Waals surface area contributed by atoms with E-state index in [0.717, 1.165) is 56.2 Å². The number of ketones is 1. The van der Waals surface area contributed by atoms with Gasteiger partial charge in [0, 0.05) is 31.0 Å². The van der Waals surface area contributed by atoms with Gasteiger partial charge in [-0.05, 0) is 32.6 Å². The number of piperidine rings is 1. The Labute approximate surface area is 117 Å². The van der Waals surface area contributed by atoms with Crippen molar-refractivity contribution >= 4 is 22.3 Å². The minimum atomic E-state index is 0.224. The van der Waals surface area contributed by atoms with Gasteiger partial charge in [-0.2, -0.15) is 0 Å².